The second kappa shape index (κ2) is 7.92. The Balaban J connectivity index is 1.70. The van der Waals surface area contributed by atoms with Gasteiger partial charge in [-0.3, -0.25) is 14.5 Å². The number of primary amides is 1. The average Bonchev–Trinajstić information content (AvgIpc) is 2.90. The predicted octanol–water partition coefficient (Wildman–Crippen LogP) is 2.30. The fraction of sp³-hybridized carbons (Fsp3) is 0.105. The summed E-state index contributed by atoms with van der Waals surface area (Å²) in [6.45, 7) is -0.0618. The Morgan fingerprint density at radius 3 is 2.41 bits per heavy atom. The Bertz CT molecular complexity index is 908. The van der Waals surface area contributed by atoms with Crippen LogP contribution in [0.1, 0.15) is 11.1 Å². The molecule has 8 heteroatoms. The third-order valence-corrected chi connectivity index (χ3v) is 4.04. The number of hydrogen-bond acceptors (Lipinski definition) is 4. The second-order valence-electron chi connectivity index (χ2n) is 5.83. The van der Waals surface area contributed by atoms with E-state index in [1.165, 1.54) is 0 Å². The van der Waals surface area contributed by atoms with Gasteiger partial charge < -0.3 is 15.8 Å². The van der Waals surface area contributed by atoms with Gasteiger partial charge in [-0.25, -0.2) is 4.79 Å². The van der Waals surface area contributed by atoms with Gasteiger partial charge in [-0.15, -0.1) is 0 Å². The highest BCUT2D eigenvalue weighted by Gasteiger charge is 2.33. The van der Waals surface area contributed by atoms with Crippen molar-refractivity contribution in [3.05, 3.63) is 70.4 Å². The number of hydrogen-bond donors (Lipinski definition) is 2. The van der Waals surface area contributed by atoms with E-state index in [1.807, 2.05) is 0 Å². The third-order valence-electron chi connectivity index (χ3n) is 3.79. The molecule has 4 amide bonds. The molecule has 1 heterocycles. The minimum absolute atomic E-state index is 0.152. The summed E-state index contributed by atoms with van der Waals surface area (Å²) in [5.74, 6) is -0.507. The largest absolute Gasteiger partial charge is 0.484 e. The zero-order valence-electron chi connectivity index (χ0n) is 14.1. The molecular weight excluding hydrogens is 370 g/mol. The van der Waals surface area contributed by atoms with Crippen molar-refractivity contribution in [3.63, 3.8) is 0 Å². The van der Waals surface area contributed by atoms with Crippen LogP contribution in [0.15, 0.2) is 54.2 Å². The van der Waals surface area contributed by atoms with Gasteiger partial charge in [0.2, 0.25) is 0 Å². The number of halogens is 1. The van der Waals surface area contributed by atoms with E-state index in [9.17, 15) is 14.4 Å². The molecule has 0 spiro atoms. The van der Waals surface area contributed by atoms with E-state index >= 15 is 0 Å². The van der Waals surface area contributed by atoms with Crippen molar-refractivity contribution in [1.29, 1.82) is 0 Å². The summed E-state index contributed by atoms with van der Waals surface area (Å²) in [5, 5.41) is 3.15. The molecule has 2 aromatic rings. The number of ether oxygens (including phenoxy) is 1. The normalized spacial score (nSPS) is 15.1. The van der Waals surface area contributed by atoms with Gasteiger partial charge in [0.25, 0.3) is 11.8 Å². The lowest BCUT2D eigenvalue weighted by atomic mass is 10.1. The molecule has 3 N–H and O–H groups in total. The van der Waals surface area contributed by atoms with E-state index in [0.29, 0.717) is 16.3 Å². The van der Waals surface area contributed by atoms with Crippen molar-refractivity contribution >= 4 is 35.5 Å². The lowest BCUT2D eigenvalue weighted by molar-refractivity contribution is -0.123. The standard InChI is InChI=1S/C19H16ClN3O4/c20-14-5-1-13(2-6-14)10-23-18(25)16(22-19(23)26)9-12-3-7-15(8-4-12)27-11-17(21)24/h1-9H,10-11H2,(H2,21,24)(H,22,26). The van der Waals surface area contributed by atoms with Crippen LogP contribution >= 0.6 is 11.6 Å². The SMILES string of the molecule is NC(=O)COc1ccc(C=C2NC(=O)N(Cc3ccc(Cl)cc3)C2=O)cc1. The summed E-state index contributed by atoms with van der Waals surface area (Å²) in [6, 6.07) is 13.1. The number of nitrogens with two attached hydrogens (primary N) is 1. The van der Waals surface area contributed by atoms with E-state index in [1.54, 1.807) is 54.6 Å². The second-order valence-corrected chi connectivity index (χ2v) is 6.27. The number of rotatable bonds is 6. The molecule has 1 aliphatic heterocycles. The maximum Gasteiger partial charge on any atom is 0.329 e. The first-order valence-corrected chi connectivity index (χ1v) is 8.40. The zero-order valence-corrected chi connectivity index (χ0v) is 14.9. The van der Waals surface area contributed by atoms with Gasteiger partial charge in [-0.05, 0) is 41.5 Å². The molecule has 1 saturated heterocycles. The molecule has 0 saturated carbocycles. The van der Waals surface area contributed by atoms with Crippen LogP contribution in [0.4, 0.5) is 4.79 Å². The summed E-state index contributed by atoms with van der Waals surface area (Å²) in [6.07, 6.45) is 1.57. The first-order valence-electron chi connectivity index (χ1n) is 8.02. The van der Waals surface area contributed by atoms with Crippen molar-refractivity contribution in [2.24, 2.45) is 5.73 Å². The summed E-state index contributed by atoms with van der Waals surface area (Å²) in [4.78, 5) is 36.5. The maximum absolute atomic E-state index is 12.5. The molecule has 7 nitrogen and oxygen atoms in total. The van der Waals surface area contributed by atoms with Crippen LogP contribution in [0.5, 0.6) is 5.75 Å². The molecule has 1 fully saturated rings. The fourth-order valence-corrected chi connectivity index (χ4v) is 2.59. The van der Waals surface area contributed by atoms with Crippen molar-refractivity contribution in [3.8, 4) is 5.75 Å². The van der Waals surface area contributed by atoms with Crippen LogP contribution in [0.25, 0.3) is 6.08 Å². The average molecular weight is 386 g/mol. The molecule has 138 valence electrons. The molecule has 0 bridgehead atoms. The topological polar surface area (TPSA) is 102 Å². The zero-order chi connectivity index (χ0) is 19.4. The van der Waals surface area contributed by atoms with Gasteiger partial charge in [0.15, 0.2) is 6.61 Å². The third kappa shape index (κ3) is 4.65. The Hall–Kier alpha value is -3.32. The summed E-state index contributed by atoms with van der Waals surface area (Å²) in [7, 11) is 0. The Kier molecular flexibility index (Phi) is 5.42. The van der Waals surface area contributed by atoms with E-state index in [4.69, 9.17) is 22.1 Å². The van der Waals surface area contributed by atoms with Crippen LogP contribution in [0, 0.1) is 0 Å². The number of benzene rings is 2. The van der Waals surface area contributed by atoms with Gasteiger partial charge in [0.1, 0.15) is 11.4 Å². The Morgan fingerprint density at radius 1 is 1.11 bits per heavy atom. The van der Waals surface area contributed by atoms with Crippen LogP contribution in [-0.2, 0) is 16.1 Å². The quantitative estimate of drug-likeness (QED) is 0.588. The Morgan fingerprint density at radius 2 is 1.78 bits per heavy atom. The lowest BCUT2D eigenvalue weighted by Gasteiger charge is -2.11. The van der Waals surface area contributed by atoms with Gasteiger partial charge in [0, 0.05) is 5.02 Å². The fourth-order valence-electron chi connectivity index (χ4n) is 2.47. The molecule has 3 rings (SSSR count). The molecule has 0 radical (unpaired) electrons. The van der Waals surface area contributed by atoms with Gasteiger partial charge in [0.05, 0.1) is 6.54 Å². The molecule has 0 aliphatic carbocycles. The predicted molar refractivity (Wildman–Crippen MR) is 99.6 cm³/mol. The van der Waals surface area contributed by atoms with Crippen LogP contribution in [-0.4, -0.2) is 29.4 Å². The molecule has 1 aliphatic rings. The number of amides is 4. The molecule has 2 aromatic carbocycles. The van der Waals surface area contributed by atoms with Crippen molar-refractivity contribution in [2.75, 3.05) is 6.61 Å². The first-order chi connectivity index (χ1) is 12.9. The molecule has 0 atom stereocenters. The van der Waals surface area contributed by atoms with Gasteiger partial charge >= 0.3 is 6.03 Å². The number of urea groups is 1. The van der Waals surface area contributed by atoms with Crippen molar-refractivity contribution in [2.45, 2.75) is 6.54 Å². The molecule has 0 aromatic heterocycles. The molecular formula is C19H16ClN3O4. The number of carbonyl (C=O) groups is 3. The highest BCUT2D eigenvalue weighted by atomic mass is 35.5. The first kappa shape index (κ1) is 18.5. The van der Waals surface area contributed by atoms with Crippen molar-refractivity contribution in [1.82, 2.24) is 10.2 Å². The van der Waals surface area contributed by atoms with E-state index < -0.39 is 17.8 Å². The van der Waals surface area contributed by atoms with E-state index in [2.05, 4.69) is 5.32 Å². The highest BCUT2D eigenvalue weighted by molar-refractivity contribution is 6.30. The number of imide groups is 1. The number of carbonyl (C=O) groups excluding carboxylic acids is 3. The van der Waals surface area contributed by atoms with Crippen molar-refractivity contribution < 1.29 is 19.1 Å². The summed E-state index contributed by atoms with van der Waals surface area (Å²) in [5.41, 5.74) is 6.69. The number of nitrogens with one attached hydrogen (secondary N) is 1. The minimum atomic E-state index is -0.568. The molecule has 27 heavy (non-hydrogen) atoms. The maximum atomic E-state index is 12.5. The van der Waals surface area contributed by atoms with E-state index in [-0.39, 0.29) is 18.8 Å². The Labute approximate surface area is 160 Å². The van der Waals surface area contributed by atoms with Crippen LogP contribution < -0.4 is 15.8 Å². The monoisotopic (exact) mass is 385 g/mol. The summed E-state index contributed by atoms with van der Waals surface area (Å²) < 4.78 is 5.17. The smallest absolute Gasteiger partial charge is 0.329 e. The minimum Gasteiger partial charge on any atom is -0.484 e. The van der Waals surface area contributed by atoms with E-state index in [0.717, 1.165) is 10.5 Å². The summed E-state index contributed by atoms with van der Waals surface area (Å²) >= 11 is 5.84. The lowest BCUT2D eigenvalue weighted by Crippen LogP contribution is -2.30. The van der Waals surface area contributed by atoms with Gasteiger partial charge in [-0.1, -0.05) is 35.9 Å². The van der Waals surface area contributed by atoms with Crippen LogP contribution in [0.2, 0.25) is 5.02 Å². The molecule has 0 unspecified atom stereocenters. The van der Waals surface area contributed by atoms with Gasteiger partial charge in [-0.2, -0.15) is 0 Å². The number of nitrogens with zero attached hydrogens (tertiary/aromatic N) is 1. The van der Waals surface area contributed by atoms with Crippen LogP contribution in [0.3, 0.4) is 0 Å². The highest BCUT2D eigenvalue weighted by Crippen LogP contribution is 2.19.